The highest BCUT2D eigenvalue weighted by molar-refractivity contribution is 9.10. The lowest BCUT2D eigenvalue weighted by Gasteiger charge is -2.01. The summed E-state index contributed by atoms with van der Waals surface area (Å²) in [6.07, 6.45) is 2.35. The number of nitrogens with zero attached hydrogens (tertiary/aromatic N) is 1. The van der Waals surface area contributed by atoms with Crippen LogP contribution in [0.25, 0.3) is 10.4 Å². The Hall–Kier alpha value is -0.670. The van der Waals surface area contributed by atoms with Gasteiger partial charge in [0.05, 0.1) is 9.88 Å². The highest BCUT2D eigenvalue weighted by Gasteiger charge is 2.08. The molecule has 84 valence electrons. The highest BCUT2D eigenvalue weighted by atomic mass is 79.9. The number of thiazole rings is 1. The standard InChI is InChI=1S/C13H14BrNS/c1-3-4-10-5-7-11(8-6-10)12-13(14)15-9(2)16-12/h5-8H,3-4H2,1-2H3. The Morgan fingerprint density at radius 3 is 2.44 bits per heavy atom. The SMILES string of the molecule is CCCc1ccc(-c2sc(C)nc2Br)cc1. The zero-order valence-corrected chi connectivity index (χ0v) is 11.9. The summed E-state index contributed by atoms with van der Waals surface area (Å²) in [5.41, 5.74) is 2.65. The number of hydrogen-bond donors (Lipinski definition) is 0. The van der Waals surface area contributed by atoms with Crippen LogP contribution >= 0.6 is 27.3 Å². The first kappa shape index (κ1) is 11.8. The molecule has 1 nitrogen and oxygen atoms in total. The van der Waals surface area contributed by atoms with Gasteiger partial charge in [0, 0.05) is 0 Å². The van der Waals surface area contributed by atoms with Gasteiger partial charge in [0.2, 0.25) is 0 Å². The lowest BCUT2D eigenvalue weighted by Crippen LogP contribution is -1.82. The van der Waals surface area contributed by atoms with Gasteiger partial charge in [0.15, 0.2) is 0 Å². The van der Waals surface area contributed by atoms with E-state index in [9.17, 15) is 0 Å². The third-order valence-electron chi connectivity index (χ3n) is 2.45. The summed E-state index contributed by atoms with van der Waals surface area (Å²) in [5, 5.41) is 1.10. The van der Waals surface area contributed by atoms with Crippen molar-refractivity contribution in [2.75, 3.05) is 0 Å². The topological polar surface area (TPSA) is 12.9 Å². The van der Waals surface area contributed by atoms with Crippen molar-refractivity contribution in [2.45, 2.75) is 26.7 Å². The zero-order chi connectivity index (χ0) is 11.5. The van der Waals surface area contributed by atoms with E-state index in [1.807, 2.05) is 6.92 Å². The van der Waals surface area contributed by atoms with E-state index in [2.05, 4.69) is 52.1 Å². The number of benzene rings is 1. The molecule has 3 heteroatoms. The average molecular weight is 296 g/mol. The average Bonchev–Trinajstić information content (AvgIpc) is 2.59. The van der Waals surface area contributed by atoms with E-state index in [0.717, 1.165) is 16.0 Å². The van der Waals surface area contributed by atoms with Crippen LogP contribution < -0.4 is 0 Å². The fourth-order valence-electron chi connectivity index (χ4n) is 1.69. The molecule has 0 aliphatic rings. The van der Waals surface area contributed by atoms with Crippen molar-refractivity contribution >= 4 is 27.3 Å². The number of halogens is 1. The third-order valence-corrected chi connectivity index (χ3v) is 4.30. The molecule has 0 radical (unpaired) electrons. The maximum atomic E-state index is 4.38. The first-order valence-corrected chi connectivity index (χ1v) is 7.04. The van der Waals surface area contributed by atoms with Gasteiger partial charge in [-0.15, -0.1) is 11.3 Å². The minimum Gasteiger partial charge on any atom is -0.234 e. The van der Waals surface area contributed by atoms with Crippen LogP contribution in [0.2, 0.25) is 0 Å². The zero-order valence-electron chi connectivity index (χ0n) is 9.46. The molecule has 0 bridgehead atoms. The van der Waals surface area contributed by atoms with Crippen LogP contribution in [0.5, 0.6) is 0 Å². The third kappa shape index (κ3) is 2.53. The Bertz CT molecular complexity index is 473. The molecule has 0 spiro atoms. The number of aryl methyl sites for hydroxylation is 2. The van der Waals surface area contributed by atoms with Gasteiger partial charge in [0.1, 0.15) is 4.60 Å². The molecule has 0 fully saturated rings. The van der Waals surface area contributed by atoms with Gasteiger partial charge in [-0.1, -0.05) is 37.6 Å². The van der Waals surface area contributed by atoms with Gasteiger partial charge in [-0.05, 0) is 40.4 Å². The smallest absolute Gasteiger partial charge is 0.125 e. The van der Waals surface area contributed by atoms with Crippen LogP contribution in [0.1, 0.15) is 23.9 Å². The minimum absolute atomic E-state index is 0.957. The minimum atomic E-state index is 0.957. The van der Waals surface area contributed by atoms with Gasteiger partial charge in [0.25, 0.3) is 0 Å². The first-order valence-electron chi connectivity index (χ1n) is 5.43. The lowest BCUT2D eigenvalue weighted by atomic mass is 10.1. The Labute approximate surface area is 109 Å². The van der Waals surface area contributed by atoms with Crippen molar-refractivity contribution in [1.82, 2.24) is 4.98 Å². The molecule has 16 heavy (non-hydrogen) atoms. The second-order valence-electron chi connectivity index (χ2n) is 3.80. The van der Waals surface area contributed by atoms with Crippen molar-refractivity contribution in [3.05, 3.63) is 39.4 Å². The molecule has 0 saturated carbocycles. The predicted molar refractivity (Wildman–Crippen MR) is 74.0 cm³/mol. The van der Waals surface area contributed by atoms with Crippen molar-refractivity contribution in [3.63, 3.8) is 0 Å². The number of hydrogen-bond acceptors (Lipinski definition) is 2. The van der Waals surface area contributed by atoms with Crippen molar-refractivity contribution in [2.24, 2.45) is 0 Å². The summed E-state index contributed by atoms with van der Waals surface area (Å²) in [7, 11) is 0. The second kappa shape index (κ2) is 5.11. The molecule has 0 aliphatic heterocycles. The summed E-state index contributed by atoms with van der Waals surface area (Å²) >= 11 is 5.23. The van der Waals surface area contributed by atoms with Crippen LogP contribution in [-0.4, -0.2) is 4.98 Å². The summed E-state index contributed by atoms with van der Waals surface area (Å²) < 4.78 is 0.957. The molecule has 0 N–H and O–H groups in total. The lowest BCUT2D eigenvalue weighted by molar-refractivity contribution is 0.922. The van der Waals surface area contributed by atoms with E-state index in [-0.39, 0.29) is 0 Å². The first-order chi connectivity index (χ1) is 7.70. The van der Waals surface area contributed by atoms with Gasteiger partial charge in [-0.2, -0.15) is 0 Å². The summed E-state index contributed by atoms with van der Waals surface area (Å²) in [6, 6.07) is 8.78. The molecule has 0 unspecified atom stereocenters. The molecule has 1 aromatic carbocycles. The fourth-order valence-corrected chi connectivity index (χ4v) is 3.36. The van der Waals surface area contributed by atoms with Gasteiger partial charge in [-0.25, -0.2) is 4.98 Å². The van der Waals surface area contributed by atoms with Crippen LogP contribution in [0.4, 0.5) is 0 Å². The van der Waals surface area contributed by atoms with E-state index >= 15 is 0 Å². The molecule has 0 aliphatic carbocycles. The fraction of sp³-hybridized carbons (Fsp3) is 0.308. The van der Waals surface area contributed by atoms with E-state index < -0.39 is 0 Å². The molecule has 2 aromatic rings. The second-order valence-corrected chi connectivity index (χ2v) is 5.75. The summed E-state index contributed by atoms with van der Waals surface area (Å²) in [6.45, 7) is 4.24. The van der Waals surface area contributed by atoms with Crippen molar-refractivity contribution in [1.29, 1.82) is 0 Å². The Morgan fingerprint density at radius 2 is 1.94 bits per heavy atom. The Balaban J connectivity index is 2.31. The van der Waals surface area contributed by atoms with Crippen LogP contribution in [0.3, 0.4) is 0 Å². The van der Waals surface area contributed by atoms with Crippen LogP contribution in [0.15, 0.2) is 28.9 Å². The van der Waals surface area contributed by atoms with Gasteiger partial charge < -0.3 is 0 Å². The molecule has 0 atom stereocenters. The summed E-state index contributed by atoms with van der Waals surface area (Å²) in [4.78, 5) is 5.60. The summed E-state index contributed by atoms with van der Waals surface area (Å²) in [5.74, 6) is 0. The van der Waals surface area contributed by atoms with E-state index in [1.165, 1.54) is 22.4 Å². The van der Waals surface area contributed by atoms with Crippen LogP contribution in [-0.2, 0) is 6.42 Å². The molecule has 0 saturated heterocycles. The molecular weight excluding hydrogens is 282 g/mol. The van der Waals surface area contributed by atoms with E-state index in [1.54, 1.807) is 11.3 Å². The molecular formula is C13H14BrNS. The normalized spacial score (nSPS) is 10.7. The Kier molecular flexibility index (Phi) is 3.77. The van der Waals surface area contributed by atoms with Crippen LogP contribution in [0, 0.1) is 6.92 Å². The number of rotatable bonds is 3. The van der Waals surface area contributed by atoms with Gasteiger partial charge >= 0.3 is 0 Å². The monoisotopic (exact) mass is 295 g/mol. The highest BCUT2D eigenvalue weighted by Crippen LogP contribution is 2.33. The molecule has 2 rings (SSSR count). The van der Waals surface area contributed by atoms with Crippen molar-refractivity contribution < 1.29 is 0 Å². The van der Waals surface area contributed by atoms with Gasteiger partial charge in [-0.3, -0.25) is 0 Å². The van der Waals surface area contributed by atoms with Crippen molar-refractivity contribution in [3.8, 4) is 10.4 Å². The maximum Gasteiger partial charge on any atom is 0.125 e. The Morgan fingerprint density at radius 1 is 1.25 bits per heavy atom. The van der Waals surface area contributed by atoms with E-state index in [0.29, 0.717) is 0 Å². The largest absolute Gasteiger partial charge is 0.234 e. The predicted octanol–water partition coefficient (Wildman–Crippen LogP) is 4.83. The molecule has 1 heterocycles. The van der Waals surface area contributed by atoms with E-state index in [4.69, 9.17) is 0 Å². The quantitative estimate of drug-likeness (QED) is 0.790. The number of aromatic nitrogens is 1. The maximum absolute atomic E-state index is 4.38. The molecule has 1 aromatic heterocycles. The molecule has 0 amide bonds.